The van der Waals surface area contributed by atoms with Gasteiger partial charge < -0.3 is 15.4 Å². The van der Waals surface area contributed by atoms with Gasteiger partial charge in [0.25, 0.3) is 0 Å². The second kappa shape index (κ2) is 6.10. The number of carbonyl (C=O) groups is 1. The summed E-state index contributed by atoms with van der Waals surface area (Å²) in [7, 11) is 0. The van der Waals surface area contributed by atoms with E-state index in [1.165, 1.54) is 25.6 Å². The van der Waals surface area contributed by atoms with Gasteiger partial charge in [-0.15, -0.1) is 0 Å². The Labute approximate surface area is 155 Å². The molecule has 0 radical (unpaired) electrons. The van der Waals surface area contributed by atoms with Crippen LogP contribution in [0.5, 0.6) is 5.88 Å². The van der Waals surface area contributed by atoms with E-state index in [-0.39, 0.29) is 35.4 Å². The number of aromatic nitrogens is 2. The summed E-state index contributed by atoms with van der Waals surface area (Å²) in [5.74, 6) is 1.90. The third-order valence-corrected chi connectivity index (χ3v) is 6.76. The number of ether oxygens (including phenoxy) is 1. The molecule has 3 fully saturated rings. The van der Waals surface area contributed by atoms with Gasteiger partial charge in [-0.2, -0.15) is 0 Å². The van der Waals surface area contributed by atoms with Crippen molar-refractivity contribution in [3.63, 3.8) is 0 Å². The molecular formula is C20H30N4O2. The molecule has 4 rings (SSSR count). The van der Waals surface area contributed by atoms with Gasteiger partial charge in [0.15, 0.2) is 0 Å². The molecule has 3 unspecified atom stereocenters. The van der Waals surface area contributed by atoms with Crippen LogP contribution in [0.1, 0.15) is 59.8 Å². The van der Waals surface area contributed by atoms with Crippen molar-refractivity contribution < 1.29 is 9.53 Å². The fourth-order valence-corrected chi connectivity index (χ4v) is 4.49. The van der Waals surface area contributed by atoms with Gasteiger partial charge in [-0.3, -0.25) is 4.79 Å². The molecule has 0 bridgehead atoms. The molecule has 3 aliphatic carbocycles. The van der Waals surface area contributed by atoms with Crippen molar-refractivity contribution in [2.45, 2.75) is 78.0 Å². The second-order valence-electron chi connectivity index (χ2n) is 9.20. The molecule has 1 aromatic heterocycles. The maximum absolute atomic E-state index is 12.5. The molecule has 3 atom stereocenters. The third kappa shape index (κ3) is 3.03. The van der Waals surface area contributed by atoms with Gasteiger partial charge in [0, 0.05) is 29.5 Å². The van der Waals surface area contributed by atoms with Crippen molar-refractivity contribution in [1.82, 2.24) is 15.3 Å². The van der Waals surface area contributed by atoms with E-state index in [0.29, 0.717) is 11.3 Å². The largest absolute Gasteiger partial charge is 0.475 e. The molecule has 0 saturated heterocycles. The molecule has 1 aromatic rings. The van der Waals surface area contributed by atoms with Crippen LogP contribution in [0.2, 0.25) is 0 Å². The molecule has 0 aliphatic heterocycles. The van der Waals surface area contributed by atoms with Crippen LogP contribution in [0.25, 0.3) is 0 Å². The normalized spacial score (nSPS) is 30.3. The monoisotopic (exact) mass is 358 g/mol. The minimum atomic E-state index is -0.0126. The van der Waals surface area contributed by atoms with Gasteiger partial charge >= 0.3 is 0 Å². The smallest absolute Gasteiger partial charge is 0.223 e. The highest BCUT2D eigenvalue weighted by atomic mass is 16.5. The van der Waals surface area contributed by atoms with E-state index in [2.05, 4.69) is 34.4 Å². The van der Waals surface area contributed by atoms with Gasteiger partial charge in [0.1, 0.15) is 12.1 Å². The molecular weight excluding hydrogens is 328 g/mol. The molecule has 3 aliphatic rings. The quantitative estimate of drug-likeness (QED) is 0.817. The maximum Gasteiger partial charge on any atom is 0.223 e. The standard InChI is InChI=1S/C20H30N4O2/c1-12(2)26-17-9-16(21-11-22-17)23-14-8-15(19(14,3)4)24-18(25)13-10-20(13)6-5-7-20/h9,11-15H,5-8,10H2,1-4H3,(H,24,25)(H,21,22,23). The molecule has 6 nitrogen and oxygen atoms in total. The van der Waals surface area contributed by atoms with Crippen LogP contribution < -0.4 is 15.4 Å². The van der Waals surface area contributed by atoms with E-state index < -0.39 is 0 Å². The van der Waals surface area contributed by atoms with Gasteiger partial charge in [-0.25, -0.2) is 9.97 Å². The predicted molar refractivity (Wildman–Crippen MR) is 99.9 cm³/mol. The lowest BCUT2D eigenvalue weighted by molar-refractivity contribution is -0.126. The van der Waals surface area contributed by atoms with Crippen molar-refractivity contribution in [3.8, 4) is 5.88 Å². The number of carbonyl (C=O) groups excluding carboxylic acids is 1. The first-order chi connectivity index (χ1) is 12.3. The van der Waals surface area contributed by atoms with Crippen LogP contribution in [0.4, 0.5) is 5.82 Å². The Bertz CT molecular complexity index is 699. The van der Waals surface area contributed by atoms with Crippen LogP contribution in [0.15, 0.2) is 12.4 Å². The van der Waals surface area contributed by atoms with Crippen molar-refractivity contribution in [2.24, 2.45) is 16.7 Å². The zero-order valence-corrected chi connectivity index (χ0v) is 16.2. The molecule has 6 heteroatoms. The lowest BCUT2D eigenvalue weighted by Crippen LogP contribution is -2.64. The minimum absolute atomic E-state index is 0.0126. The maximum atomic E-state index is 12.5. The second-order valence-corrected chi connectivity index (χ2v) is 9.20. The fourth-order valence-electron chi connectivity index (χ4n) is 4.49. The Morgan fingerprint density at radius 3 is 2.62 bits per heavy atom. The van der Waals surface area contributed by atoms with E-state index in [1.54, 1.807) is 0 Å². The highest BCUT2D eigenvalue weighted by Crippen LogP contribution is 2.65. The number of anilines is 1. The van der Waals surface area contributed by atoms with Gasteiger partial charge in [0.05, 0.1) is 6.10 Å². The number of hydrogen-bond donors (Lipinski definition) is 2. The van der Waals surface area contributed by atoms with E-state index in [9.17, 15) is 4.79 Å². The summed E-state index contributed by atoms with van der Waals surface area (Å²) in [6.45, 7) is 8.37. The Morgan fingerprint density at radius 2 is 2.04 bits per heavy atom. The first-order valence-corrected chi connectivity index (χ1v) is 9.86. The molecule has 1 heterocycles. The third-order valence-electron chi connectivity index (χ3n) is 6.76. The molecule has 1 spiro atoms. The average Bonchev–Trinajstić information content (AvgIpc) is 3.30. The molecule has 142 valence electrons. The van der Waals surface area contributed by atoms with Crippen molar-refractivity contribution in [1.29, 1.82) is 0 Å². The first-order valence-electron chi connectivity index (χ1n) is 9.86. The minimum Gasteiger partial charge on any atom is -0.475 e. The number of hydrogen-bond acceptors (Lipinski definition) is 5. The SMILES string of the molecule is CC(C)Oc1cc(NC2CC(NC(=O)C3CC34CCC4)C2(C)C)ncn1. The first kappa shape index (κ1) is 17.6. The van der Waals surface area contributed by atoms with Crippen molar-refractivity contribution in [3.05, 3.63) is 12.4 Å². The highest BCUT2D eigenvalue weighted by Gasteiger charge is 2.61. The molecule has 26 heavy (non-hydrogen) atoms. The number of nitrogens with one attached hydrogen (secondary N) is 2. The van der Waals surface area contributed by atoms with Gasteiger partial charge in [-0.05, 0) is 44.9 Å². The van der Waals surface area contributed by atoms with E-state index in [4.69, 9.17) is 4.74 Å². The molecule has 0 aromatic carbocycles. The summed E-state index contributed by atoms with van der Waals surface area (Å²) < 4.78 is 5.63. The van der Waals surface area contributed by atoms with Crippen molar-refractivity contribution in [2.75, 3.05) is 5.32 Å². The Balaban J connectivity index is 1.32. The van der Waals surface area contributed by atoms with E-state index >= 15 is 0 Å². The van der Waals surface area contributed by atoms with Crippen LogP contribution in [-0.4, -0.2) is 34.1 Å². The van der Waals surface area contributed by atoms with Crippen molar-refractivity contribution >= 4 is 11.7 Å². The lowest BCUT2D eigenvalue weighted by Gasteiger charge is -2.52. The Kier molecular flexibility index (Phi) is 4.12. The summed E-state index contributed by atoms with van der Waals surface area (Å²) in [4.78, 5) is 21.0. The lowest BCUT2D eigenvalue weighted by atomic mass is 9.62. The Hall–Kier alpha value is -1.85. The van der Waals surface area contributed by atoms with E-state index in [1.807, 2.05) is 19.9 Å². The van der Waals surface area contributed by atoms with Gasteiger partial charge in [0.2, 0.25) is 11.8 Å². The average molecular weight is 358 g/mol. The van der Waals surface area contributed by atoms with E-state index in [0.717, 1.165) is 18.7 Å². The topological polar surface area (TPSA) is 76.1 Å². The molecule has 1 amide bonds. The number of rotatable bonds is 6. The molecule has 2 N–H and O–H groups in total. The zero-order valence-electron chi connectivity index (χ0n) is 16.2. The summed E-state index contributed by atoms with van der Waals surface area (Å²) in [6, 6.07) is 2.33. The van der Waals surface area contributed by atoms with Crippen LogP contribution >= 0.6 is 0 Å². The number of amides is 1. The summed E-state index contributed by atoms with van der Waals surface area (Å²) in [6.07, 6.45) is 7.42. The summed E-state index contributed by atoms with van der Waals surface area (Å²) >= 11 is 0. The number of nitrogens with zero attached hydrogens (tertiary/aromatic N) is 2. The summed E-state index contributed by atoms with van der Waals surface area (Å²) in [5.41, 5.74) is 0.380. The Morgan fingerprint density at radius 1 is 1.27 bits per heavy atom. The van der Waals surface area contributed by atoms with Crippen LogP contribution in [0, 0.1) is 16.7 Å². The predicted octanol–water partition coefficient (Wildman–Crippen LogP) is 3.15. The highest BCUT2D eigenvalue weighted by molar-refractivity contribution is 5.83. The summed E-state index contributed by atoms with van der Waals surface area (Å²) in [5, 5.41) is 6.80. The zero-order chi connectivity index (χ0) is 18.5. The van der Waals surface area contributed by atoms with Crippen LogP contribution in [-0.2, 0) is 4.79 Å². The van der Waals surface area contributed by atoms with Crippen LogP contribution in [0.3, 0.4) is 0 Å². The molecule has 3 saturated carbocycles. The fraction of sp³-hybridized carbons (Fsp3) is 0.750. The van der Waals surface area contributed by atoms with Gasteiger partial charge in [-0.1, -0.05) is 20.3 Å².